The van der Waals surface area contributed by atoms with E-state index in [4.69, 9.17) is 4.74 Å². The first-order valence-electron chi connectivity index (χ1n) is 11.7. The molecule has 2 N–H and O–H groups in total. The fraction of sp³-hybridized carbons (Fsp3) is 0.524. The molecular formula is C21H23F3N8O4S2. The Morgan fingerprint density at radius 1 is 1.26 bits per heavy atom. The highest BCUT2D eigenvalue weighted by atomic mass is 32.2. The molecule has 1 amide bonds. The van der Waals surface area contributed by atoms with Crippen molar-refractivity contribution in [3.05, 3.63) is 23.5 Å². The van der Waals surface area contributed by atoms with E-state index in [0.29, 0.717) is 48.7 Å². The van der Waals surface area contributed by atoms with E-state index in [1.165, 1.54) is 22.9 Å². The number of alkyl halides is 3. The molecule has 3 saturated heterocycles. The third-order valence-corrected chi connectivity index (χ3v) is 9.36. The minimum absolute atomic E-state index is 0.00548. The number of sulfonamides is 1. The van der Waals surface area contributed by atoms with Crippen molar-refractivity contribution in [2.24, 2.45) is 0 Å². The van der Waals surface area contributed by atoms with Crippen LogP contribution >= 0.6 is 11.3 Å². The summed E-state index contributed by atoms with van der Waals surface area (Å²) < 4.78 is 75.7. The molecular weight excluding hydrogens is 549 g/mol. The number of hydrogen-bond acceptors (Lipinski definition) is 10. The van der Waals surface area contributed by atoms with Crippen LogP contribution in [0.1, 0.15) is 11.9 Å². The van der Waals surface area contributed by atoms with Crippen LogP contribution in [0.2, 0.25) is 0 Å². The van der Waals surface area contributed by atoms with E-state index in [1.54, 1.807) is 6.92 Å². The van der Waals surface area contributed by atoms with Crippen LogP contribution in [0.25, 0.3) is 16.3 Å². The summed E-state index contributed by atoms with van der Waals surface area (Å²) in [4.78, 5) is 20.3. The quantitative estimate of drug-likeness (QED) is 0.450. The minimum atomic E-state index is -4.67. The first kappa shape index (κ1) is 25.4. The number of hydrogen-bond donors (Lipinski definition) is 2. The first-order valence-corrected chi connectivity index (χ1v) is 14.0. The van der Waals surface area contributed by atoms with Crippen LogP contribution in [-0.2, 0) is 25.7 Å². The van der Waals surface area contributed by atoms with Gasteiger partial charge in [0.1, 0.15) is 4.90 Å². The second kappa shape index (κ2) is 8.84. The van der Waals surface area contributed by atoms with Crippen molar-refractivity contribution in [1.82, 2.24) is 34.5 Å². The number of nitrogens with one attached hydrogen (secondary N) is 2. The van der Waals surface area contributed by atoms with E-state index in [-0.39, 0.29) is 47.4 Å². The van der Waals surface area contributed by atoms with Gasteiger partial charge in [-0.15, -0.1) is 10.2 Å². The Morgan fingerprint density at radius 2 is 2.05 bits per heavy atom. The van der Waals surface area contributed by atoms with Crippen molar-refractivity contribution in [1.29, 1.82) is 0 Å². The fourth-order valence-corrected chi connectivity index (χ4v) is 7.02. The molecule has 3 fully saturated rings. The van der Waals surface area contributed by atoms with Gasteiger partial charge in [-0.1, -0.05) is 11.3 Å². The number of aromatic nitrogens is 4. The lowest BCUT2D eigenvalue weighted by atomic mass is 10.0. The number of piperazine rings is 2. The average Bonchev–Trinajstić information content (AvgIpc) is 3.49. The van der Waals surface area contributed by atoms with Gasteiger partial charge in [0.25, 0.3) is 0 Å². The lowest BCUT2D eigenvalue weighted by Crippen LogP contribution is -2.63. The molecule has 0 aliphatic carbocycles. The summed E-state index contributed by atoms with van der Waals surface area (Å²) in [5.74, 6) is 0.0450. The lowest BCUT2D eigenvalue weighted by Gasteiger charge is -2.45. The number of imidazole rings is 1. The van der Waals surface area contributed by atoms with Crippen LogP contribution in [0.3, 0.4) is 0 Å². The van der Waals surface area contributed by atoms with Crippen molar-refractivity contribution in [3.8, 4) is 10.8 Å². The Morgan fingerprint density at radius 3 is 2.74 bits per heavy atom. The average molecular weight is 573 g/mol. The molecule has 1 atom stereocenters. The predicted molar refractivity (Wildman–Crippen MR) is 129 cm³/mol. The second-order valence-electron chi connectivity index (χ2n) is 9.79. The zero-order chi connectivity index (χ0) is 26.9. The van der Waals surface area contributed by atoms with Gasteiger partial charge in [-0.2, -0.15) is 13.2 Å². The number of amides is 1. The highest BCUT2D eigenvalue weighted by Gasteiger charge is 2.40. The molecule has 38 heavy (non-hydrogen) atoms. The van der Waals surface area contributed by atoms with Crippen LogP contribution in [0.4, 0.5) is 18.9 Å². The molecule has 3 aliphatic rings. The standard InChI is InChI=1S/C21H23F3N8O4S2/c1-20(10-36-11-20)29-38(34,35)13-4-14(30-2-3-31-12(8-30)5-25-7-16(31)33)15-6-26-17(32(15)9-13)18-27-28-19(37-18)21(22,23)24/h4,6,9,12,25,29H,2-3,5,7-8,10-11H2,1H3. The number of halogens is 3. The monoisotopic (exact) mass is 572 g/mol. The number of ether oxygens (including phenoxy) is 1. The SMILES string of the molecule is CC1(NS(=O)(=O)c2cc(N3CCN4C(=O)CNCC4C3)c3cnc(-c4nnc(C(F)(F)F)s4)n3c2)COC1. The van der Waals surface area contributed by atoms with Gasteiger partial charge in [0.15, 0.2) is 10.8 Å². The molecule has 1 unspecified atom stereocenters. The Hall–Kier alpha value is -2.86. The molecule has 204 valence electrons. The van der Waals surface area contributed by atoms with E-state index in [2.05, 4.69) is 25.2 Å². The van der Waals surface area contributed by atoms with Gasteiger partial charge >= 0.3 is 6.18 Å². The maximum Gasteiger partial charge on any atom is 0.445 e. The zero-order valence-corrected chi connectivity index (χ0v) is 21.7. The smallest absolute Gasteiger partial charge is 0.377 e. The maximum atomic E-state index is 13.4. The molecule has 0 saturated carbocycles. The lowest BCUT2D eigenvalue weighted by molar-refractivity contribution is -0.138. The predicted octanol–water partition coefficient (Wildman–Crippen LogP) is 0.559. The summed E-state index contributed by atoms with van der Waals surface area (Å²) in [5.41, 5.74) is 0.246. The second-order valence-corrected chi connectivity index (χ2v) is 12.4. The largest absolute Gasteiger partial charge is 0.445 e. The molecule has 0 spiro atoms. The highest BCUT2D eigenvalue weighted by Crippen LogP contribution is 2.37. The number of pyridine rings is 1. The molecule has 0 aromatic carbocycles. The Bertz CT molecular complexity index is 1520. The summed E-state index contributed by atoms with van der Waals surface area (Å²) in [7, 11) is -4.05. The van der Waals surface area contributed by atoms with Gasteiger partial charge in [-0.3, -0.25) is 9.20 Å². The zero-order valence-electron chi connectivity index (χ0n) is 20.0. The molecule has 17 heteroatoms. The number of rotatable bonds is 5. The Labute approximate surface area is 218 Å². The molecule has 6 rings (SSSR count). The third-order valence-electron chi connectivity index (χ3n) is 6.79. The molecule has 3 aliphatic heterocycles. The maximum absolute atomic E-state index is 13.4. The van der Waals surface area contributed by atoms with Gasteiger partial charge in [0.2, 0.25) is 20.9 Å². The molecule has 3 aromatic rings. The van der Waals surface area contributed by atoms with E-state index < -0.39 is 26.7 Å². The summed E-state index contributed by atoms with van der Waals surface area (Å²) in [6, 6.07) is 1.41. The van der Waals surface area contributed by atoms with Gasteiger partial charge in [0.05, 0.1) is 48.7 Å². The fourth-order valence-electron chi connectivity index (χ4n) is 4.92. The number of carbonyl (C=O) groups is 1. The number of fused-ring (bicyclic) bond motifs is 2. The van der Waals surface area contributed by atoms with Crippen molar-refractivity contribution in [2.75, 3.05) is 50.8 Å². The van der Waals surface area contributed by atoms with Crippen LogP contribution in [0.5, 0.6) is 0 Å². The minimum Gasteiger partial charge on any atom is -0.377 e. The summed E-state index contributed by atoms with van der Waals surface area (Å²) in [6.45, 7) is 4.35. The summed E-state index contributed by atoms with van der Waals surface area (Å²) in [6.07, 6.45) is -1.87. The van der Waals surface area contributed by atoms with Crippen LogP contribution < -0.4 is 14.9 Å². The van der Waals surface area contributed by atoms with Crippen molar-refractivity contribution >= 4 is 38.5 Å². The summed E-state index contributed by atoms with van der Waals surface area (Å²) >= 11 is 0.327. The van der Waals surface area contributed by atoms with Gasteiger partial charge < -0.3 is 19.9 Å². The molecule has 6 heterocycles. The summed E-state index contributed by atoms with van der Waals surface area (Å²) in [5, 5.41) is 8.79. The van der Waals surface area contributed by atoms with E-state index in [0.717, 1.165) is 0 Å². The van der Waals surface area contributed by atoms with Gasteiger partial charge in [-0.05, 0) is 13.0 Å². The van der Waals surface area contributed by atoms with Gasteiger partial charge in [0, 0.05) is 32.4 Å². The molecule has 0 radical (unpaired) electrons. The Balaban J connectivity index is 1.45. The first-order chi connectivity index (χ1) is 17.9. The van der Waals surface area contributed by atoms with E-state index >= 15 is 0 Å². The van der Waals surface area contributed by atoms with Crippen LogP contribution in [-0.4, -0.2) is 96.3 Å². The highest BCUT2D eigenvalue weighted by molar-refractivity contribution is 7.89. The molecule has 3 aromatic heterocycles. The topological polar surface area (TPSA) is 134 Å². The Kier molecular flexibility index (Phi) is 5.91. The third kappa shape index (κ3) is 4.41. The number of anilines is 1. The normalized spacial score (nSPS) is 22.0. The van der Waals surface area contributed by atoms with Crippen molar-refractivity contribution < 1.29 is 31.1 Å². The van der Waals surface area contributed by atoms with E-state index in [1.807, 2.05) is 9.80 Å². The van der Waals surface area contributed by atoms with Crippen molar-refractivity contribution in [3.63, 3.8) is 0 Å². The molecule has 0 bridgehead atoms. The van der Waals surface area contributed by atoms with Crippen molar-refractivity contribution in [2.45, 2.75) is 29.6 Å². The number of nitrogens with zero attached hydrogens (tertiary/aromatic N) is 6. The van der Waals surface area contributed by atoms with E-state index in [9.17, 15) is 26.4 Å². The van der Waals surface area contributed by atoms with Gasteiger partial charge in [-0.25, -0.2) is 18.1 Å². The molecule has 12 nitrogen and oxygen atoms in total. The number of carbonyl (C=O) groups excluding carboxylic acids is 1. The van der Waals surface area contributed by atoms with Crippen LogP contribution in [0, 0.1) is 0 Å². The van der Waals surface area contributed by atoms with Crippen LogP contribution in [0.15, 0.2) is 23.4 Å².